The van der Waals surface area contributed by atoms with Gasteiger partial charge in [-0.15, -0.1) is 5.10 Å². The van der Waals surface area contributed by atoms with Crippen LogP contribution >= 0.6 is 0 Å². The van der Waals surface area contributed by atoms with Gasteiger partial charge in [-0.1, -0.05) is 43.2 Å². The summed E-state index contributed by atoms with van der Waals surface area (Å²) >= 11 is 0. The number of nitrogens with zero attached hydrogens (tertiary/aromatic N) is 3. The molecule has 1 aromatic carbocycles. The van der Waals surface area contributed by atoms with Crippen LogP contribution in [-0.4, -0.2) is 21.5 Å². The van der Waals surface area contributed by atoms with Crippen molar-refractivity contribution < 1.29 is 0 Å². The number of hydrogen-bond donors (Lipinski definition) is 1. The molecule has 2 N–H and O–H groups in total. The Labute approximate surface area is 126 Å². The molecule has 4 heteroatoms. The summed E-state index contributed by atoms with van der Waals surface area (Å²) in [6, 6.07) is 10.3. The van der Waals surface area contributed by atoms with Gasteiger partial charge < -0.3 is 5.73 Å². The van der Waals surface area contributed by atoms with Crippen LogP contribution in [0.4, 0.5) is 0 Å². The summed E-state index contributed by atoms with van der Waals surface area (Å²) in [5, 5.41) is 8.47. The average Bonchev–Trinajstić information content (AvgIpc) is 3.04. The molecule has 112 valence electrons. The first-order chi connectivity index (χ1) is 10.3. The molecule has 3 unspecified atom stereocenters. The Morgan fingerprint density at radius 2 is 2.05 bits per heavy atom. The number of benzene rings is 1. The minimum atomic E-state index is 0.476. The van der Waals surface area contributed by atoms with Gasteiger partial charge in [0.2, 0.25) is 0 Å². The van der Waals surface area contributed by atoms with E-state index in [1.165, 1.54) is 31.4 Å². The SMILES string of the molecule is CCC1CCC(CN)C(c2cnnn2-c2ccccc2)C1. The van der Waals surface area contributed by atoms with Crippen LogP contribution in [0.5, 0.6) is 0 Å². The molecule has 3 rings (SSSR count). The maximum Gasteiger partial charge on any atom is 0.0732 e. The topological polar surface area (TPSA) is 56.7 Å². The number of hydrogen-bond acceptors (Lipinski definition) is 3. The van der Waals surface area contributed by atoms with Gasteiger partial charge in [0.05, 0.1) is 17.6 Å². The van der Waals surface area contributed by atoms with Crippen LogP contribution in [0.1, 0.15) is 44.2 Å². The van der Waals surface area contributed by atoms with Crippen LogP contribution in [0.2, 0.25) is 0 Å². The lowest BCUT2D eigenvalue weighted by molar-refractivity contribution is 0.230. The predicted octanol–water partition coefficient (Wildman–Crippen LogP) is 3.14. The van der Waals surface area contributed by atoms with Crippen molar-refractivity contribution in [2.24, 2.45) is 17.6 Å². The van der Waals surface area contributed by atoms with Crippen LogP contribution in [0.15, 0.2) is 36.5 Å². The minimum Gasteiger partial charge on any atom is -0.330 e. The zero-order valence-electron chi connectivity index (χ0n) is 12.7. The summed E-state index contributed by atoms with van der Waals surface area (Å²) in [6.45, 7) is 3.04. The number of para-hydroxylation sites is 1. The number of aromatic nitrogens is 3. The largest absolute Gasteiger partial charge is 0.330 e. The molecule has 1 fully saturated rings. The Kier molecular flexibility index (Phi) is 4.34. The van der Waals surface area contributed by atoms with Crippen molar-refractivity contribution in [3.05, 3.63) is 42.2 Å². The summed E-state index contributed by atoms with van der Waals surface area (Å²) in [5.74, 6) is 1.83. The maximum atomic E-state index is 6.03. The van der Waals surface area contributed by atoms with Gasteiger partial charge in [-0.05, 0) is 43.4 Å². The molecule has 3 atom stereocenters. The van der Waals surface area contributed by atoms with Crippen molar-refractivity contribution in [3.8, 4) is 5.69 Å². The van der Waals surface area contributed by atoms with Gasteiger partial charge in [-0.2, -0.15) is 0 Å². The minimum absolute atomic E-state index is 0.476. The quantitative estimate of drug-likeness (QED) is 0.938. The molecule has 4 nitrogen and oxygen atoms in total. The van der Waals surface area contributed by atoms with E-state index >= 15 is 0 Å². The molecule has 1 aromatic heterocycles. The van der Waals surface area contributed by atoms with Crippen molar-refractivity contribution in [2.45, 2.75) is 38.5 Å². The second kappa shape index (κ2) is 6.39. The summed E-state index contributed by atoms with van der Waals surface area (Å²) in [6.07, 6.45) is 6.92. The van der Waals surface area contributed by atoms with Gasteiger partial charge in [0.25, 0.3) is 0 Å². The lowest BCUT2D eigenvalue weighted by atomic mass is 9.72. The Balaban J connectivity index is 1.93. The van der Waals surface area contributed by atoms with Crippen molar-refractivity contribution in [2.75, 3.05) is 6.54 Å². The second-order valence-corrected chi connectivity index (χ2v) is 6.10. The molecule has 1 saturated carbocycles. The van der Waals surface area contributed by atoms with E-state index in [0.717, 1.165) is 18.2 Å². The normalized spacial score (nSPS) is 25.9. The van der Waals surface area contributed by atoms with Crippen LogP contribution in [0.25, 0.3) is 5.69 Å². The smallest absolute Gasteiger partial charge is 0.0732 e. The van der Waals surface area contributed by atoms with E-state index in [2.05, 4.69) is 29.4 Å². The zero-order chi connectivity index (χ0) is 14.7. The predicted molar refractivity (Wildman–Crippen MR) is 84.3 cm³/mol. The molecule has 0 amide bonds. The molecular weight excluding hydrogens is 260 g/mol. The van der Waals surface area contributed by atoms with E-state index in [0.29, 0.717) is 11.8 Å². The highest BCUT2D eigenvalue weighted by Gasteiger charge is 2.32. The number of nitrogens with two attached hydrogens (primary N) is 1. The van der Waals surface area contributed by atoms with Crippen LogP contribution < -0.4 is 5.73 Å². The molecule has 1 aliphatic carbocycles. The highest BCUT2D eigenvalue weighted by atomic mass is 15.4. The van der Waals surface area contributed by atoms with E-state index in [1.54, 1.807) is 0 Å². The zero-order valence-corrected chi connectivity index (χ0v) is 12.7. The highest BCUT2D eigenvalue weighted by Crippen LogP contribution is 2.41. The first-order valence-electron chi connectivity index (χ1n) is 7.99. The first kappa shape index (κ1) is 14.3. The van der Waals surface area contributed by atoms with Crippen molar-refractivity contribution >= 4 is 0 Å². The average molecular weight is 284 g/mol. The monoisotopic (exact) mass is 284 g/mol. The fourth-order valence-corrected chi connectivity index (χ4v) is 3.60. The van der Waals surface area contributed by atoms with Crippen molar-refractivity contribution in [1.29, 1.82) is 0 Å². The number of rotatable bonds is 4. The summed E-state index contributed by atoms with van der Waals surface area (Å²) in [7, 11) is 0. The molecule has 0 spiro atoms. The molecule has 0 saturated heterocycles. The third-order valence-electron chi connectivity index (χ3n) is 4.94. The lowest BCUT2D eigenvalue weighted by Gasteiger charge is -2.35. The molecule has 0 aliphatic heterocycles. The van der Waals surface area contributed by atoms with Gasteiger partial charge in [-0.25, -0.2) is 4.68 Å². The van der Waals surface area contributed by atoms with Gasteiger partial charge >= 0.3 is 0 Å². The van der Waals surface area contributed by atoms with Gasteiger partial charge in [-0.3, -0.25) is 0 Å². The first-order valence-corrected chi connectivity index (χ1v) is 7.99. The van der Waals surface area contributed by atoms with Gasteiger partial charge in [0.15, 0.2) is 0 Å². The third-order valence-corrected chi connectivity index (χ3v) is 4.94. The Morgan fingerprint density at radius 3 is 2.76 bits per heavy atom. The van der Waals surface area contributed by atoms with E-state index in [9.17, 15) is 0 Å². The third kappa shape index (κ3) is 2.86. The van der Waals surface area contributed by atoms with E-state index in [-0.39, 0.29) is 0 Å². The van der Waals surface area contributed by atoms with Crippen LogP contribution in [-0.2, 0) is 0 Å². The highest BCUT2D eigenvalue weighted by molar-refractivity contribution is 5.32. The molecular formula is C17H24N4. The molecule has 1 heterocycles. The molecule has 1 aliphatic rings. The van der Waals surface area contributed by atoms with Gasteiger partial charge in [0.1, 0.15) is 0 Å². The fraction of sp³-hybridized carbons (Fsp3) is 0.529. The standard InChI is InChI=1S/C17H24N4/c1-2-13-8-9-14(11-18)16(10-13)17-12-19-20-21(17)15-6-4-3-5-7-15/h3-7,12-14,16H,2,8-11,18H2,1H3. The van der Waals surface area contributed by atoms with E-state index in [4.69, 9.17) is 5.73 Å². The summed E-state index contributed by atoms with van der Waals surface area (Å²) < 4.78 is 1.99. The lowest BCUT2D eigenvalue weighted by Crippen LogP contribution is -2.30. The Morgan fingerprint density at radius 1 is 1.24 bits per heavy atom. The van der Waals surface area contributed by atoms with E-state index in [1.807, 2.05) is 29.1 Å². The molecule has 0 bridgehead atoms. The Bertz CT molecular complexity index is 563. The van der Waals surface area contributed by atoms with E-state index < -0.39 is 0 Å². The van der Waals surface area contributed by atoms with Crippen molar-refractivity contribution in [1.82, 2.24) is 15.0 Å². The van der Waals surface area contributed by atoms with Crippen LogP contribution in [0.3, 0.4) is 0 Å². The Hall–Kier alpha value is -1.68. The van der Waals surface area contributed by atoms with Gasteiger partial charge in [0, 0.05) is 5.92 Å². The molecule has 0 radical (unpaired) electrons. The summed E-state index contributed by atoms with van der Waals surface area (Å²) in [5.41, 5.74) is 8.33. The molecule has 2 aromatic rings. The summed E-state index contributed by atoms with van der Waals surface area (Å²) in [4.78, 5) is 0. The fourth-order valence-electron chi connectivity index (χ4n) is 3.60. The van der Waals surface area contributed by atoms with Crippen molar-refractivity contribution in [3.63, 3.8) is 0 Å². The second-order valence-electron chi connectivity index (χ2n) is 6.10. The van der Waals surface area contributed by atoms with Crippen LogP contribution in [0, 0.1) is 11.8 Å². The maximum absolute atomic E-state index is 6.03. The molecule has 21 heavy (non-hydrogen) atoms.